The Kier molecular flexibility index (Phi) is 21.1. The number of pyridine rings is 2. The second-order valence-corrected chi connectivity index (χ2v) is 6.29. The molecule has 0 aliphatic heterocycles. The van der Waals surface area contributed by atoms with Crippen LogP contribution >= 0.6 is 0 Å². The second-order valence-electron chi connectivity index (χ2n) is 6.29. The van der Waals surface area contributed by atoms with Gasteiger partial charge in [-0.2, -0.15) is 0 Å². The van der Waals surface area contributed by atoms with Gasteiger partial charge in [-0.25, -0.2) is 0 Å². The molecule has 1 fully saturated rings. The predicted molar refractivity (Wildman–Crippen MR) is 149 cm³/mol. The van der Waals surface area contributed by atoms with Crippen molar-refractivity contribution >= 4 is 22.6 Å². The normalized spacial score (nSPS) is 10.9. The number of Topliss-reactive ketones (excluding diaryl/α,β-unsaturated/α-hetero) is 2. The van der Waals surface area contributed by atoms with Gasteiger partial charge in [-0.15, -0.1) is 0 Å². The molecule has 1 saturated carbocycles. The summed E-state index contributed by atoms with van der Waals surface area (Å²) in [5.41, 5.74) is 3.88. The fraction of sp³-hybridized carbons (Fsp3) is 0.400. The Labute approximate surface area is 207 Å². The average Bonchev–Trinajstić information content (AvgIpc) is 3.65. The van der Waals surface area contributed by atoms with E-state index >= 15 is 0 Å². The Balaban J connectivity index is 0. The highest BCUT2D eigenvalue weighted by atomic mass is 16.2. The van der Waals surface area contributed by atoms with Crippen LogP contribution < -0.4 is 0 Å². The van der Waals surface area contributed by atoms with Gasteiger partial charge in [-0.1, -0.05) is 67.5 Å². The fourth-order valence-corrected chi connectivity index (χ4v) is 2.85. The fourth-order valence-electron chi connectivity index (χ4n) is 2.85. The number of carbonyl (C=O) groups is 2. The van der Waals surface area contributed by atoms with Gasteiger partial charge in [0.2, 0.25) is 0 Å². The predicted octanol–water partition coefficient (Wildman–Crippen LogP) is 8.60. The summed E-state index contributed by atoms with van der Waals surface area (Å²) in [5.74, 6) is 0.204. The maximum absolute atomic E-state index is 10.2. The van der Waals surface area contributed by atoms with Crippen LogP contribution in [0.25, 0.3) is 11.0 Å². The third kappa shape index (κ3) is 12.2. The molecule has 0 saturated heterocycles. The summed E-state index contributed by atoms with van der Waals surface area (Å²) in [6, 6.07) is 18.6. The van der Waals surface area contributed by atoms with E-state index in [1.807, 2.05) is 92.0 Å². The van der Waals surface area contributed by atoms with Gasteiger partial charge in [-0.05, 0) is 55.0 Å². The van der Waals surface area contributed by atoms with Crippen LogP contribution in [-0.4, -0.2) is 20.4 Å². The minimum absolute atomic E-state index is 0.102. The molecular formula is C30H46N2O2. The van der Waals surface area contributed by atoms with Crippen molar-refractivity contribution in [1.29, 1.82) is 0 Å². The van der Waals surface area contributed by atoms with E-state index in [0.29, 0.717) is 12.8 Å². The summed E-state index contributed by atoms with van der Waals surface area (Å²) in [5, 5.41) is 0. The topological polar surface area (TPSA) is 43.0 Å². The van der Waals surface area contributed by atoms with Crippen LogP contribution in [-0.2, 0) is 9.59 Å². The molecule has 0 radical (unpaired) electrons. The number of hydrogen-bond acceptors (Lipinski definition) is 2. The number of hydrogen-bond donors (Lipinski definition) is 0. The van der Waals surface area contributed by atoms with Gasteiger partial charge in [0.05, 0.1) is 6.42 Å². The summed E-state index contributed by atoms with van der Waals surface area (Å²) in [4.78, 5) is 20.5. The number of aryl methyl sites for hydroxylation is 1. The van der Waals surface area contributed by atoms with Gasteiger partial charge in [-0.3, -0.25) is 9.59 Å². The highest BCUT2D eigenvalue weighted by Gasteiger charge is 2.17. The largest absolute Gasteiger partial charge is 0.324 e. The van der Waals surface area contributed by atoms with Crippen molar-refractivity contribution in [2.75, 3.05) is 0 Å². The second kappa shape index (κ2) is 21.7. The minimum atomic E-state index is 0.102. The van der Waals surface area contributed by atoms with Gasteiger partial charge < -0.3 is 8.80 Å². The lowest BCUT2D eigenvalue weighted by Gasteiger charge is -1.91. The molecule has 0 aromatic carbocycles. The monoisotopic (exact) mass is 466 g/mol. The van der Waals surface area contributed by atoms with E-state index in [2.05, 4.69) is 58.5 Å². The first-order valence-electron chi connectivity index (χ1n) is 12.7. The van der Waals surface area contributed by atoms with E-state index in [4.69, 9.17) is 0 Å². The lowest BCUT2D eigenvalue weighted by molar-refractivity contribution is -0.121. The SMILES string of the molecule is CC.CC.CC.CC.Cc1ccn2ccccc12.O=C1CCC(=O)C1.c1ccn2cccc2c1. The van der Waals surface area contributed by atoms with Gasteiger partial charge >= 0.3 is 0 Å². The standard InChI is InChI=1S/C9H9N.C8H7N.C5H6O2.4C2H6/c1-8-5-7-10-6-3-2-4-9(8)10;1-2-6-9-7-3-5-8(9)4-1;6-4-1-2-5(7)3-4;4*1-2/h2-7H,1H3;1-7H;1-3H2;4*1-2H3. The first-order chi connectivity index (χ1) is 16.6. The molecule has 4 aromatic heterocycles. The van der Waals surface area contributed by atoms with Crippen LogP contribution in [0.2, 0.25) is 0 Å². The molecule has 188 valence electrons. The number of ketones is 2. The lowest BCUT2D eigenvalue weighted by Crippen LogP contribution is -1.88. The molecule has 0 bridgehead atoms. The molecule has 1 aliphatic carbocycles. The molecule has 0 N–H and O–H groups in total. The first-order valence-corrected chi connectivity index (χ1v) is 12.7. The van der Waals surface area contributed by atoms with Crippen LogP contribution in [0.4, 0.5) is 0 Å². The third-order valence-corrected chi connectivity index (χ3v) is 4.29. The molecule has 1 aliphatic rings. The molecule has 4 nitrogen and oxygen atoms in total. The van der Waals surface area contributed by atoms with E-state index in [9.17, 15) is 9.59 Å². The van der Waals surface area contributed by atoms with E-state index in [-0.39, 0.29) is 18.0 Å². The minimum Gasteiger partial charge on any atom is -0.324 e. The number of rotatable bonds is 0. The van der Waals surface area contributed by atoms with E-state index in [1.54, 1.807) is 0 Å². The van der Waals surface area contributed by atoms with Crippen LogP contribution in [0.15, 0.2) is 79.4 Å². The zero-order valence-electron chi connectivity index (χ0n) is 22.8. The van der Waals surface area contributed by atoms with Crippen molar-refractivity contribution in [1.82, 2.24) is 8.80 Å². The summed E-state index contributed by atoms with van der Waals surface area (Å²) >= 11 is 0. The van der Waals surface area contributed by atoms with Gasteiger partial charge in [0.25, 0.3) is 0 Å². The Bertz CT molecular complexity index is 984. The smallest absolute Gasteiger partial charge is 0.140 e. The Morgan fingerprint density at radius 3 is 1.50 bits per heavy atom. The summed E-state index contributed by atoms with van der Waals surface area (Å²) < 4.78 is 4.20. The summed E-state index contributed by atoms with van der Waals surface area (Å²) in [7, 11) is 0. The molecule has 4 heteroatoms. The molecule has 0 amide bonds. The van der Waals surface area contributed by atoms with Crippen LogP contribution in [0.1, 0.15) is 80.2 Å². The third-order valence-electron chi connectivity index (χ3n) is 4.29. The van der Waals surface area contributed by atoms with Crippen molar-refractivity contribution < 1.29 is 9.59 Å². The number of fused-ring (bicyclic) bond motifs is 2. The molecule has 5 rings (SSSR count). The highest BCUT2D eigenvalue weighted by Crippen LogP contribution is 2.09. The maximum Gasteiger partial charge on any atom is 0.140 e. The van der Waals surface area contributed by atoms with E-state index in [0.717, 1.165) is 0 Å². The molecule has 4 aromatic rings. The van der Waals surface area contributed by atoms with Crippen molar-refractivity contribution in [2.24, 2.45) is 0 Å². The summed E-state index contributed by atoms with van der Waals surface area (Å²) in [6.07, 6.45) is 9.37. The molecule has 4 heterocycles. The maximum atomic E-state index is 10.2. The van der Waals surface area contributed by atoms with E-state index < -0.39 is 0 Å². The number of nitrogens with zero attached hydrogens (tertiary/aromatic N) is 2. The molecule has 34 heavy (non-hydrogen) atoms. The van der Waals surface area contributed by atoms with Crippen LogP contribution in [0, 0.1) is 6.92 Å². The Morgan fingerprint density at radius 2 is 1.03 bits per heavy atom. The van der Waals surface area contributed by atoms with Crippen molar-refractivity contribution in [3.05, 3.63) is 84.9 Å². The quantitative estimate of drug-likeness (QED) is 0.243. The zero-order chi connectivity index (χ0) is 26.4. The molecule has 0 unspecified atom stereocenters. The van der Waals surface area contributed by atoms with Crippen molar-refractivity contribution in [2.45, 2.75) is 81.6 Å². The average molecular weight is 467 g/mol. The lowest BCUT2D eigenvalue weighted by atomic mass is 10.3. The molecule has 0 spiro atoms. The molecule has 0 atom stereocenters. The van der Waals surface area contributed by atoms with Crippen molar-refractivity contribution in [3.8, 4) is 0 Å². The van der Waals surface area contributed by atoms with Gasteiger partial charge in [0.1, 0.15) is 11.6 Å². The Hall–Kier alpha value is -3.14. The number of carbonyl (C=O) groups excluding carboxylic acids is 2. The zero-order valence-corrected chi connectivity index (χ0v) is 22.8. The number of aromatic nitrogens is 2. The Morgan fingerprint density at radius 1 is 0.559 bits per heavy atom. The van der Waals surface area contributed by atoms with Crippen LogP contribution in [0.3, 0.4) is 0 Å². The van der Waals surface area contributed by atoms with Crippen molar-refractivity contribution in [3.63, 3.8) is 0 Å². The van der Waals surface area contributed by atoms with Gasteiger partial charge in [0, 0.05) is 48.7 Å². The highest BCUT2D eigenvalue weighted by molar-refractivity contribution is 6.05. The summed E-state index contributed by atoms with van der Waals surface area (Å²) in [6.45, 7) is 18.1. The van der Waals surface area contributed by atoms with Gasteiger partial charge in [0.15, 0.2) is 0 Å². The molecular weight excluding hydrogens is 420 g/mol. The van der Waals surface area contributed by atoms with Crippen LogP contribution in [0.5, 0.6) is 0 Å². The first kappa shape index (κ1) is 33.0. The van der Waals surface area contributed by atoms with E-state index in [1.165, 1.54) is 16.6 Å².